The number of hydrogen-bond acceptors (Lipinski definition) is 3. The summed E-state index contributed by atoms with van der Waals surface area (Å²) in [5.74, 6) is 0.951. The molecule has 0 N–H and O–H groups in total. The quantitative estimate of drug-likeness (QED) is 0.777. The second-order valence-corrected chi connectivity index (χ2v) is 6.33. The third kappa shape index (κ3) is 2.33. The molecule has 1 saturated heterocycles. The first-order valence-electron chi connectivity index (χ1n) is 6.04. The van der Waals surface area contributed by atoms with Gasteiger partial charge in [0.15, 0.2) is 0 Å². The lowest BCUT2D eigenvalue weighted by molar-refractivity contribution is 0.0272. The van der Waals surface area contributed by atoms with E-state index in [9.17, 15) is 0 Å². The lowest BCUT2D eigenvalue weighted by Crippen LogP contribution is -2.39. The van der Waals surface area contributed by atoms with E-state index in [0.29, 0.717) is 5.28 Å². The molecule has 0 spiro atoms. The van der Waals surface area contributed by atoms with Crippen molar-refractivity contribution in [2.45, 2.75) is 51.5 Å². The number of halogens is 1. The van der Waals surface area contributed by atoms with Gasteiger partial charge in [0.2, 0.25) is 5.28 Å². The molecule has 0 aromatic carbocycles. The summed E-state index contributed by atoms with van der Waals surface area (Å²) in [4.78, 5) is 0. The summed E-state index contributed by atoms with van der Waals surface area (Å²) in [7, 11) is 0. The Hall–Kier alpha value is -0.610. The molecule has 1 fully saturated rings. The summed E-state index contributed by atoms with van der Waals surface area (Å²) in [5, 5.41) is 8.77. The molecule has 96 valence electrons. The van der Waals surface area contributed by atoms with Gasteiger partial charge in [0, 0.05) is 18.6 Å². The zero-order valence-corrected chi connectivity index (χ0v) is 11.7. The van der Waals surface area contributed by atoms with Gasteiger partial charge in [0.1, 0.15) is 5.82 Å². The third-order valence-electron chi connectivity index (χ3n) is 3.40. The molecule has 2 heterocycles. The van der Waals surface area contributed by atoms with Crippen molar-refractivity contribution < 1.29 is 4.74 Å². The summed E-state index contributed by atoms with van der Waals surface area (Å²) in [5.41, 5.74) is -0.0805. The number of hydrogen-bond donors (Lipinski definition) is 0. The molecule has 0 unspecified atom stereocenters. The normalized spacial score (nSPS) is 20.5. The zero-order chi connectivity index (χ0) is 12.7. The van der Waals surface area contributed by atoms with Crippen molar-refractivity contribution in [3.63, 3.8) is 0 Å². The van der Waals surface area contributed by atoms with Crippen LogP contribution in [0, 0.1) is 0 Å². The first-order valence-corrected chi connectivity index (χ1v) is 6.42. The number of rotatable bonds is 1. The predicted octanol–water partition coefficient (Wildman–Crippen LogP) is 2.75. The van der Waals surface area contributed by atoms with Gasteiger partial charge in [-0.3, -0.25) is 4.57 Å². The Morgan fingerprint density at radius 1 is 1.24 bits per heavy atom. The van der Waals surface area contributed by atoms with E-state index >= 15 is 0 Å². The van der Waals surface area contributed by atoms with Gasteiger partial charge in [-0.25, -0.2) is 0 Å². The van der Waals surface area contributed by atoms with Crippen LogP contribution in [0.15, 0.2) is 0 Å². The summed E-state index contributed by atoms with van der Waals surface area (Å²) >= 11 is 6.22. The molecule has 0 bridgehead atoms. The van der Waals surface area contributed by atoms with Gasteiger partial charge >= 0.3 is 0 Å². The lowest BCUT2D eigenvalue weighted by atomic mass is 9.89. The molecule has 17 heavy (non-hydrogen) atoms. The molecule has 0 atom stereocenters. The molecule has 1 aromatic rings. The van der Waals surface area contributed by atoms with Crippen LogP contribution in [0.2, 0.25) is 5.28 Å². The highest BCUT2D eigenvalue weighted by Gasteiger charge is 2.36. The first-order chi connectivity index (χ1) is 7.84. The minimum atomic E-state index is -0.0541. The Morgan fingerprint density at radius 3 is 2.35 bits per heavy atom. The zero-order valence-electron chi connectivity index (χ0n) is 11.0. The molecule has 1 aromatic heterocycles. The third-order valence-corrected chi connectivity index (χ3v) is 3.65. The van der Waals surface area contributed by atoms with E-state index < -0.39 is 0 Å². The Kier molecular flexibility index (Phi) is 3.21. The molecule has 0 radical (unpaired) electrons. The molecule has 0 aliphatic carbocycles. The fourth-order valence-corrected chi connectivity index (χ4v) is 2.59. The van der Waals surface area contributed by atoms with E-state index in [1.54, 1.807) is 0 Å². The van der Waals surface area contributed by atoms with Crippen LogP contribution in [0.1, 0.15) is 46.4 Å². The van der Waals surface area contributed by atoms with Crippen molar-refractivity contribution in [1.82, 2.24) is 14.8 Å². The SMILES string of the molecule is CC(C)(C)c1nnc(Cl)n1C1(C)CCOCC1. The standard InChI is InChI=1S/C12H20ClN3O/c1-11(2,3)9-14-15-10(13)16(9)12(4)5-7-17-8-6-12/h5-8H2,1-4H3. The highest BCUT2D eigenvalue weighted by Crippen LogP contribution is 2.35. The highest BCUT2D eigenvalue weighted by molar-refractivity contribution is 6.28. The number of ether oxygens (including phenoxy) is 1. The lowest BCUT2D eigenvalue weighted by Gasteiger charge is -2.37. The molecule has 0 amide bonds. The molecule has 4 nitrogen and oxygen atoms in total. The summed E-state index contributed by atoms with van der Waals surface area (Å²) in [6.07, 6.45) is 1.90. The molecule has 0 saturated carbocycles. The maximum Gasteiger partial charge on any atom is 0.225 e. The number of nitrogens with zero attached hydrogens (tertiary/aromatic N) is 3. The summed E-state index contributed by atoms with van der Waals surface area (Å²) in [6, 6.07) is 0. The average Bonchev–Trinajstić information content (AvgIpc) is 2.61. The minimum absolute atomic E-state index is 0.0263. The van der Waals surface area contributed by atoms with E-state index in [2.05, 4.69) is 42.5 Å². The molecular weight excluding hydrogens is 238 g/mol. The van der Waals surface area contributed by atoms with Gasteiger partial charge < -0.3 is 4.74 Å². The molecule has 1 aliphatic rings. The number of aromatic nitrogens is 3. The van der Waals surface area contributed by atoms with Crippen LogP contribution < -0.4 is 0 Å². The minimum Gasteiger partial charge on any atom is -0.381 e. The fourth-order valence-electron chi connectivity index (χ4n) is 2.26. The predicted molar refractivity (Wildman–Crippen MR) is 67.4 cm³/mol. The second kappa shape index (κ2) is 4.25. The van der Waals surface area contributed by atoms with E-state index in [4.69, 9.17) is 16.3 Å². The van der Waals surface area contributed by atoms with Gasteiger partial charge in [0.25, 0.3) is 0 Å². The molecular formula is C12H20ClN3O. The van der Waals surface area contributed by atoms with Crippen molar-refractivity contribution in [3.8, 4) is 0 Å². The van der Waals surface area contributed by atoms with Gasteiger partial charge in [-0.05, 0) is 31.4 Å². The van der Waals surface area contributed by atoms with Crippen LogP contribution >= 0.6 is 11.6 Å². The maximum absolute atomic E-state index is 6.22. The van der Waals surface area contributed by atoms with Gasteiger partial charge in [-0.2, -0.15) is 0 Å². The largest absolute Gasteiger partial charge is 0.381 e. The Morgan fingerprint density at radius 2 is 1.82 bits per heavy atom. The Bertz CT molecular complexity index is 402. The van der Waals surface area contributed by atoms with Crippen LogP contribution in [0.5, 0.6) is 0 Å². The van der Waals surface area contributed by atoms with Crippen LogP contribution in [0.25, 0.3) is 0 Å². The van der Waals surface area contributed by atoms with Crippen molar-refractivity contribution in [2.24, 2.45) is 0 Å². The van der Waals surface area contributed by atoms with Gasteiger partial charge in [-0.15, -0.1) is 10.2 Å². The summed E-state index contributed by atoms with van der Waals surface area (Å²) < 4.78 is 7.53. The van der Waals surface area contributed by atoms with E-state index in [1.807, 2.05) is 0 Å². The summed E-state index contributed by atoms with van der Waals surface area (Å²) in [6.45, 7) is 10.1. The van der Waals surface area contributed by atoms with Gasteiger partial charge in [-0.1, -0.05) is 20.8 Å². The second-order valence-electron chi connectivity index (χ2n) is 5.99. The molecule has 2 rings (SSSR count). The van der Waals surface area contributed by atoms with Crippen LogP contribution in [0.3, 0.4) is 0 Å². The smallest absolute Gasteiger partial charge is 0.225 e. The first kappa shape index (κ1) is 12.8. The van der Waals surface area contributed by atoms with Crippen molar-refractivity contribution in [1.29, 1.82) is 0 Å². The van der Waals surface area contributed by atoms with Crippen LogP contribution in [-0.4, -0.2) is 28.0 Å². The average molecular weight is 258 g/mol. The van der Waals surface area contributed by atoms with E-state index in [1.165, 1.54) is 0 Å². The topological polar surface area (TPSA) is 39.9 Å². The van der Waals surface area contributed by atoms with E-state index in [0.717, 1.165) is 31.9 Å². The molecule has 5 heteroatoms. The monoisotopic (exact) mass is 257 g/mol. The highest BCUT2D eigenvalue weighted by atomic mass is 35.5. The Balaban J connectivity index is 2.46. The van der Waals surface area contributed by atoms with Crippen molar-refractivity contribution in [3.05, 3.63) is 11.1 Å². The van der Waals surface area contributed by atoms with Crippen molar-refractivity contribution in [2.75, 3.05) is 13.2 Å². The fraction of sp³-hybridized carbons (Fsp3) is 0.833. The van der Waals surface area contributed by atoms with E-state index in [-0.39, 0.29) is 11.0 Å². The molecule has 1 aliphatic heterocycles. The van der Waals surface area contributed by atoms with Crippen LogP contribution in [-0.2, 0) is 15.7 Å². The maximum atomic E-state index is 6.22. The Labute approximate surface area is 107 Å². The van der Waals surface area contributed by atoms with Gasteiger partial charge in [0.05, 0.1) is 5.54 Å². The van der Waals surface area contributed by atoms with Crippen LogP contribution in [0.4, 0.5) is 0 Å². The van der Waals surface area contributed by atoms with Crippen molar-refractivity contribution >= 4 is 11.6 Å².